The molecule has 5 aliphatic carbocycles. The Kier molecular flexibility index (Phi) is 3.02. The van der Waals surface area contributed by atoms with Crippen molar-refractivity contribution in [2.75, 3.05) is 13.1 Å². The Balaban J connectivity index is 1.59. The number of carbonyl (C=O) groups is 1. The number of aliphatic hydroxyl groups is 2. The fourth-order valence-electron chi connectivity index (χ4n) is 10.0. The van der Waals surface area contributed by atoms with Gasteiger partial charge in [-0.1, -0.05) is 13.0 Å². The second-order valence-electron chi connectivity index (χ2n) is 10.7. The SMILES string of the molecule is C=C[C@@]12CC[C@@]34[C@@H]5C[C@H]6[C@@H](C(N)=O)[C@@H]5[C@](O)(C[C@@H]6O)[C@@H](C[C@H]13)[C@H]4N(CC)C2. The zero-order valence-corrected chi connectivity index (χ0v) is 16.2. The van der Waals surface area contributed by atoms with Gasteiger partial charge in [-0.15, -0.1) is 6.58 Å². The second-order valence-corrected chi connectivity index (χ2v) is 10.7. The van der Waals surface area contributed by atoms with Gasteiger partial charge in [0.2, 0.25) is 5.91 Å². The maximum absolute atomic E-state index is 12.4. The van der Waals surface area contributed by atoms with E-state index in [-0.39, 0.29) is 40.4 Å². The predicted molar refractivity (Wildman–Crippen MR) is 100 cm³/mol. The quantitative estimate of drug-likeness (QED) is 0.649. The van der Waals surface area contributed by atoms with Gasteiger partial charge in [0.15, 0.2) is 0 Å². The molecule has 6 fully saturated rings. The fourth-order valence-corrected chi connectivity index (χ4v) is 10.0. The Morgan fingerprint density at radius 3 is 2.78 bits per heavy atom. The Morgan fingerprint density at radius 1 is 1.33 bits per heavy atom. The summed E-state index contributed by atoms with van der Waals surface area (Å²) in [5.74, 6) is 0.190. The van der Waals surface area contributed by atoms with Crippen LogP contribution in [0.2, 0.25) is 0 Å². The molecule has 1 aliphatic heterocycles. The van der Waals surface area contributed by atoms with E-state index in [4.69, 9.17) is 5.73 Å². The van der Waals surface area contributed by atoms with E-state index >= 15 is 0 Å². The number of nitrogens with zero attached hydrogens (tertiary/aromatic N) is 1. The maximum Gasteiger partial charge on any atom is 0.221 e. The van der Waals surface area contributed by atoms with Crippen LogP contribution in [-0.4, -0.2) is 51.9 Å². The molecule has 1 amide bonds. The van der Waals surface area contributed by atoms with Crippen LogP contribution in [0.5, 0.6) is 0 Å². The third-order valence-corrected chi connectivity index (χ3v) is 10.6. The molecule has 0 aromatic heterocycles. The summed E-state index contributed by atoms with van der Waals surface area (Å²) in [4.78, 5) is 15.1. The number of primary amides is 1. The van der Waals surface area contributed by atoms with Gasteiger partial charge in [0.05, 0.1) is 11.7 Å². The lowest BCUT2D eigenvalue weighted by molar-refractivity contribution is -0.210. The van der Waals surface area contributed by atoms with Crippen molar-refractivity contribution in [2.45, 2.75) is 56.8 Å². The summed E-state index contributed by atoms with van der Waals surface area (Å²) in [5.41, 5.74) is 5.21. The summed E-state index contributed by atoms with van der Waals surface area (Å²) in [5, 5.41) is 23.0. The standard InChI is InChI=1S/C22H32N2O3/c1-3-20-5-6-21-12-7-11-14(25)9-22(27,17(12)16(11)19(23)26)13(8-15(20)21)18(21)24(4-2)10-20/h3,11-18,25,27H,1,4-10H2,2H3,(H2,23,26)/t11-,12-,13+,14+,15-,16-,17-,18-,20+,21-,22+/m1/s1. The Labute approximate surface area is 161 Å². The Morgan fingerprint density at radius 2 is 2.11 bits per heavy atom. The van der Waals surface area contributed by atoms with Gasteiger partial charge in [-0.25, -0.2) is 0 Å². The van der Waals surface area contributed by atoms with Crippen molar-refractivity contribution >= 4 is 5.91 Å². The Hall–Kier alpha value is -0.910. The molecule has 0 aromatic rings. The van der Waals surface area contributed by atoms with Crippen LogP contribution in [0.4, 0.5) is 0 Å². The van der Waals surface area contributed by atoms with Crippen molar-refractivity contribution in [3.8, 4) is 0 Å². The van der Waals surface area contributed by atoms with Crippen LogP contribution in [0, 0.1) is 46.3 Å². The summed E-state index contributed by atoms with van der Waals surface area (Å²) < 4.78 is 0. The van der Waals surface area contributed by atoms with E-state index in [1.807, 2.05) is 0 Å². The highest BCUT2D eigenvalue weighted by Crippen LogP contribution is 2.81. The van der Waals surface area contributed by atoms with Gasteiger partial charge in [0, 0.05) is 42.2 Å². The largest absolute Gasteiger partial charge is 0.393 e. The smallest absolute Gasteiger partial charge is 0.221 e. The first-order valence-electron chi connectivity index (χ1n) is 10.9. The van der Waals surface area contributed by atoms with Gasteiger partial charge in [0.1, 0.15) is 0 Å². The molecule has 6 rings (SSSR count). The van der Waals surface area contributed by atoms with Crippen molar-refractivity contribution in [3.63, 3.8) is 0 Å². The van der Waals surface area contributed by atoms with Gasteiger partial charge in [-0.3, -0.25) is 9.69 Å². The number of amides is 1. The van der Waals surface area contributed by atoms with Crippen molar-refractivity contribution < 1.29 is 15.0 Å². The second kappa shape index (κ2) is 4.80. The molecule has 5 nitrogen and oxygen atoms in total. The Bertz CT molecular complexity index is 741. The molecule has 0 unspecified atom stereocenters. The summed E-state index contributed by atoms with van der Waals surface area (Å²) in [6, 6.07) is 0.381. The third-order valence-electron chi connectivity index (χ3n) is 10.6. The molecule has 1 heterocycles. The van der Waals surface area contributed by atoms with Crippen LogP contribution in [-0.2, 0) is 4.79 Å². The highest BCUT2D eigenvalue weighted by molar-refractivity contribution is 5.78. The van der Waals surface area contributed by atoms with E-state index < -0.39 is 11.7 Å². The van der Waals surface area contributed by atoms with Gasteiger partial charge < -0.3 is 15.9 Å². The highest BCUT2D eigenvalue weighted by atomic mass is 16.3. The number of hydrogen-bond acceptors (Lipinski definition) is 4. The van der Waals surface area contributed by atoms with Gasteiger partial charge in [-0.2, -0.15) is 0 Å². The highest BCUT2D eigenvalue weighted by Gasteiger charge is 2.82. The number of hydrogen-bond donors (Lipinski definition) is 3. The zero-order chi connectivity index (χ0) is 18.9. The average Bonchev–Trinajstić information content (AvgIpc) is 3.18. The lowest BCUT2D eigenvalue weighted by Crippen LogP contribution is -2.69. The van der Waals surface area contributed by atoms with Gasteiger partial charge in [0.25, 0.3) is 0 Å². The molecule has 5 saturated carbocycles. The van der Waals surface area contributed by atoms with Gasteiger partial charge >= 0.3 is 0 Å². The molecule has 0 radical (unpaired) electrons. The van der Waals surface area contributed by atoms with Crippen molar-refractivity contribution in [1.29, 1.82) is 0 Å². The maximum atomic E-state index is 12.4. The molecule has 148 valence electrons. The topological polar surface area (TPSA) is 86.8 Å². The number of aliphatic hydroxyl groups excluding tert-OH is 1. The summed E-state index contributed by atoms with van der Waals surface area (Å²) in [7, 11) is 0. The van der Waals surface area contributed by atoms with Crippen LogP contribution in [0.1, 0.15) is 39.0 Å². The minimum Gasteiger partial charge on any atom is -0.393 e. The number of likely N-dealkylation sites (tertiary alicyclic amines) is 1. The normalized spacial score (nSPS) is 62.6. The number of rotatable bonds is 3. The lowest BCUT2D eigenvalue weighted by atomic mass is 9.49. The van der Waals surface area contributed by atoms with Crippen LogP contribution >= 0.6 is 0 Å². The number of piperidine rings is 1. The molecule has 11 atom stereocenters. The average molecular weight is 373 g/mol. The van der Waals surface area contributed by atoms with E-state index in [0.29, 0.717) is 24.3 Å². The molecular formula is C22H32N2O3. The lowest BCUT2D eigenvalue weighted by Gasteiger charge is -2.62. The first kappa shape index (κ1) is 17.0. The number of nitrogens with two attached hydrogens (primary N) is 1. The molecular weight excluding hydrogens is 340 g/mol. The molecule has 1 spiro atoms. The first-order valence-corrected chi connectivity index (χ1v) is 10.9. The van der Waals surface area contributed by atoms with E-state index in [0.717, 1.165) is 25.9 Å². The minimum absolute atomic E-state index is 0.0629. The zero-order valence-electron chi connectivity index (χ0n) is 16.2. The number of carbonyl (C=O) groups excluding carboxylic acids is 1. The minimum atomic E-state index is -0.957. The third kappa shape index (κ3) is 1.54. The van der Waals surface area contributed by atoms with E-state index in [2.05, 4.69) is 24.5 Å². The van der Waals surface area contributed by atoms with E-state index in [1.165, 1.54) is 12.8 Å². The monoisotopic (exact) mass is 372 g/mol. The van der Waals surface area contributed by atoms with E-state index in [9.17, 15) is 15.0 Å². The van der Waals surface area contributed by atoms with Crippen LogP contribution in [0.15, 0.2) is 12.7 Å². The van der Waals surface area contributed by atoms with Crippen molar-refractivity contribution in [2.24, 2.45) is 52.1 Å². The van der Waals surface area contributed by atoms with Gasteiger partial charge in [-0.05, 0) is 55.4 Å². The van der Waals surface area contributed by atoms with Crippen LogP contribution in [0.25, 0.3) is 0 Å². The number of fused-ring (bicyclic) bond motifs is 2. The van der Waals surface area contributed by atoms with E-state index in [1.54, 1.807) is 0 Å². The molecule has 6 aliphatic rings. The summed E-state index contributed by atoms with van der Waals surface area (Å²) in [6.45, 7) is 8.53. The molecule has 0 aromatic carbocycles. The summed E-state index contributed by atoms with van der Waals surface area (Å²) in [6.07, 6.45) is 6.25. The molecule has 5 heteroatoms. The molecule has 1 saturated heterocycles. The van der Waals surface area contributed by atoms with Crippen LogP contribution < -0.4 is 5.73 Å². The fraction of sp³-hybridized carbons (Fsp3) is 0.864. The molecule has 27 heavy (non-hydrogen) atoms. The first-order chi connectivity index (χ1) is 12.8. The van der Waals surface area contributed by atoms with Crippen molar-refractivity contribution in [1.82, 2.24) is 4.90 Å². The molecule has 4 N–H and O–H groups in total. The summed E-state index contributed by atoms with van der Waals surface area (Å²) >= 11 is 0. The predicted octanol–water partition coefficient (Wildman–Crippen LogP) is 1.14. The molecule has 7 bridgehead atoms. The van der Waals surface area contributed by atoms with Crippen molar-refractivity contribution in [3.05, 3.63) is 12.7 Å². The van der Waals surface area contributed by atoms with Crippen LogP contribution in [0.3, 0.4) is 0 Å².